The van der Waals surface area contributed by atoms with E-state index in [1.807, 2.05) is 0 Å². The Bertz CT molecular complexity index is 700. The van der Waals surface area contributed by atoms with Crippen molar-refractivity contribution in [1.82, 2.24) is 10.3 Å². The highest BCUT2D eigenvalue weighted by molar-refractivity contribution is 7.09. The van der Waals surface area contributed by atoms with Crippen LogP contribution in [0.3, 0.4) is 0 Å². The summed E-state index contributed by atoms with van der Waals surface area (Å²) in [6.45, 7) is -0.422. The summed E-state index contributed by atoms with van der Waals surface area (Å²) in [4.78, 5) is 16.1. The van der Waals surface area contributed by atoms with Gasteiger partial charge in [0.25, 0.3) is 5.91 Å². The van der Waals surface area contributed by atoms with E-state index in [0.717, 1.165) is 0 Å². The van der Waals surface area contributed by atoms with Crippen molar-refractivity contribution in [1.29, 1.82) is 0 Å². The first-order chi connectivity index (χ1) is 11.5. The Morgan fingerprint density at radius 2 is 2.16 bits per heavy atom. The van der Waals surface area contributed by atoms with Crippen molar-refractivity contribution in [2.75, 3.05) is 6.61 Å². The Hall–Kier alpha value is -1.97. The number of aromatic nitrogens is 1. The number of ether oxygens (including phenoxy) is 2. The second-order valence-corrected chi connectivity index (χ2v) is 5.55. The predicted molar refractivity (Wildman–Crippen MR) is 92.7 cm³/mol. The zero-order valence-corrected chi connectivity index (χ0v) is 15.0. The van der Waals surface area contributed by atoms with Crippen molar-refractivity contribution < 1.29 is 23.0 Å². The highest BCUT2D eigenvalue weighted by atomic mass is 35.5. The molecule has 25 heavy (non-hydrogen) atoms. The van der Waals surface area contributed by atoms with Crippen molar-refractivity contribution in [2.45, 2.75) is 26.6 Å². The minimum absolute atomic E-state index is 0. The number of benzene rings is 1. The third kappa shape index (κ3) is 6.11. The van der Waals surface area contributed by atoms with Gasteiger partial charge in [-0.15, -0.1) is 23.7 Å². The molecule has 0 unspecified atom stereocenters. The topological polar surface area (TPSA) is 86.5 Å². The van der Waals surface area contributed by atoms with Crippen LogP contribution in [0.1, 0.15) is 28.0 Å². The molecule has 0 bridgehead atoms. The van der Waals surface area contributed by atoms with Gasteiger partial charge in [0.1, 0.15) is 10.7 Å². The highest BCUT2D eigenvalue weighted by Crippen LogP contribution is 2.29. The summed E-state index contributed by atoms with van der Waals surface area (Å²) in [5.74, 6) is -0.186. The first-order valence-corrected chi connectivity index (χ1v) is 8.04. The smallest absolute Gasteiger partial charge is 0.387 e. The number of carbonyl (C=O) groups excluding carboxylic acids is 1. The van der Waals surface area contributed by atoms with Crippen molar-refractivity contribution in [3.63, 3.8) is 0 Å². The van der Waals surface area contributed by atoms with Crippen LogP contribution in [0, 0.1) is 0 Å². The summed E-state index contributed by atoms with van der Waals surface area (Å²) in [5.41, 5.74) is 6.44. The molecular weight excluding hydrogens is 376 g/mol. The number of hydrogen-bond acceptors (Lipinski definition) is 6. The molecule has 1 amide bonds. The molecule has 1 aromatic heterocycles. The highest BCUT2D eigenvalue weighted by Gasteiger charge is 2.13. The van der Waals surface area contributed by atoms with Crippen LogP contribution in [0.25, 0.3) is 0 Å². The van der Waals surface area contributed by atoms with E-state index >= 15 is 0 Å². The lowest BCUT2D eigenvalue weighted by Crippen LogP contribution is -2.23. The van der Waals surface area contributed by atoms with Gasteiger partial charge < -0.3 is 20.5 Å². The van der Waals surface area contributed by atoms with Crippen LogP contribution >= 0.6 is 23.7 Å². The molecule has 0 aliphatic carbocycles. The minimum atomic E-state index is -2.93. The lowest BCUT2D eigenvalue weighted by atomic mass is 10.2. The molecule has 2 rings (SSSR count). The fourth-order valence-corrected chi connectivity index (χ4v) is 2.56. The van der Waals surface area contributed by atoms with E-state index in [-0.39, 0.29) is 42.9 Å². The Kier molecular flexibility index (Phi) is 8.53. The van der Waals surface area contributed by atoms with Gasteiger partial charge in [0.15, 0.2) is 11.5 Å². The van der Waals surface area contributed by atoms with Crippen LogP contribution in [0.4, 0.5) is 8.78 Å². The quantitative estimate of drug-likeness (QED) is 0.720. The van der Waals surface area contributed by atoms with Crippen LogP contribution in [0.2, 0.25) is 0 Å². The summed E-state index contributed by atoms with van der Waals surface area (Å²) in [5, 5.41) is 5.00. The molecule has 1 aromatic carbocycles. The van der Waals surface area contributed by atoms with Crippen molar-refractivity contribution in [3.05, 3.63) is 39.8 Å². The van der Waals surface area contributed by atoms with E-state index < -0.39 is 6.61 Å². The van der Waals surface area contributed by atoms with Crippen LogP contribution < -0.4 is 20.5 Å². The first-order valence-electron chi connectivity index (χ1n) is 7.16. The molecule has 3 N–H and O–H groups in total. The average Bonchev–Trinajstić information content (AvgIpc) is 3.03. The van der Waals surface area contributed by atoms with Crippen LogP contribution in [-0.2, 0) is 13.1 Å². The molecule has 6 nitrogen and oxygen atoms in total. The largest absolute Gasteiger partial charge is 0.490 e. The number of amides is 1. The summed E-state index contributed by atoms with van der Waals surface area (Å²) >= 11 is 1.31. The number of rotatable bonds is 8. The molecule has 0 atom stereocenters. The van der Waals surface area contributed by atoms with Gasteiger partial charge in [-0.2, -0.15) is 8.78 Å². The minimum Gasteiger partial charge on any atom is -0.490 e. The van der Waals surface area contributed by atoms with E-state index in [1.54, 1.807) is 24.4 Å². The van der Waals surface area contributed by atoms with Crippen LogP contribution in [0.15, 0.2) is 23.6 Å². The first kappa shape index (κ1) is 21.1. The molecule has 2 aromatic rings. The number of alkyl halides is 2. The third-order valence-electron chi connectivity index (χ3n) is 2.94. The number of hydrogen-bond donors (Lipinski definition) is 2. The van der Waals surface area contributed by atoms with E-state index in [4.69, 9.17) is 10.5 Å². The SMILES string of the molecule is CCOc1cc(CNC(=O)c2csc(CN)n2)ccc1OC(F)F.Cl. The molecule has 138 valence electrons. The number of nitrogens with one attached hydrogen (secondary N) is 1. The van der Waals surface area contributed by atoms with Gasteiger partial charge in [0.05, 0.1) is 6.61 Å². The fraction of sp³-hybridized carbons (Fsp3) is 0.333. The van der Waals surface area contributed by atoms with Crippen molar-refractivity contribution >= 4 is 29.7 Å². The Morgan fingerprint density at radius 3 is 2.76 bits per heavy atom. The molecule has 0 spiro atoms. The van der Waals surface area contributed by atoms with Crippen LogP contribution in [-0.4, -0.2) is 24.1 Å². The fourth-order valence-electron chi connectivity index (χ4n) is 1.91. The van der Waals surface area contributed by atoms with Crippen molar-refractivity contribution in [3.8, 4) is 11.5 Å². The molecular formula is C15H18ClF2N3O3S. The maximum absolute atomic E-state index is 12.4. The van der Waals surface area contributed by atoms with Gasteiger partial charge in [-0.1, -0.05) is 6.07 Å². The van der Waals surface area contributed by atoms with E-state index in [0.29, 0.717) is 22.9 Å². The summed E-state index contributed by atoms with van der Waals surface area (Å²) in [6, 6.07) is 4.51. The standard InChI is InChI=1S/C15H17F2N3O3S.ClH/c1-2-22-12-5-9(3-4-11(12)23-15(16)17)7-19-14(21)10-8-24-13(6-18)20-10;/h3-5,8,15H,2,6-7,18H2,1H3,(H,19,21);1H. The van der Waals surface area contributed by atoms with E-state index in [2.05, 4.69) is 15.0 Å². The van der Waals surface area contributed by atoms with Gasteiger partial charge in [-0.25, -0.2) is 4.98 Å². The number of halogens is 3. The second kappa shape index (κ2) is 10.1. The maximum atomic E-state index is 12.4. The monoisotopic (exact) mass is 393 g/mol. The molecule has 0 aliphatic heterocycles. The van der Waals surface area contributed by atoms with Crippen LogP contribution in [0.5, 0.6) is 11.5 Å². The molecule has 0 fully saturated rings. The van der Waals surface area contributed by atoms with Gasteiger partial charge in [-0.05, 0) is 24.6 Å². The Balaban J connectivity index is 0.00000312. The maximum Gasteiger partial charge on any atom is 0.387 e. The van der Waals surface area contributed by atoms with E-state index in [1.165, 1.54) is 17.4 Å². The molecule has 0 aliphatic rings. The van der Waals surface area contributed by atoms with Gasteiger partial charge in [0, 0.05) is 18.5 Å². The molecule has 10 heteroatoms. The Labute approximate surface area is 153 Å². The number of thiazole rings is 1. The average molecular weight is 394 g/mol. The van der Waals surface area contributed by atoms with Gasteiger partial charge in [0.2, 0.25) is 0 Å². The third-order valence-corrected chi connectivity index (χ3v) is 3.81. The number of nitrogens with two attached hydrogens (primary N) is 1. The zero-order valence-electron chi connectivity index (χ0n) is 13.3. The normalized spacial score (nSPS) is 10.3. The lowest BCUT2D eigenvalue weighted by molar-refractivity contribution is -0.0514. The van der Waals surface area contributed by atoms with Crippen molar-refractivity contribution in [2.24, 2.45) is 5.73 Å². The van der Waals surface area contributed by atoms with E-state index in [9.17, 15) is 13.6 Å². The lowest BCUT2D eigenvalue weighted by Gasteiger charge is -2.13. The summed E-state index contributed by atoms with van der Waals surface area (Å²) in [7, 11) is 0. The van der Waals surface area contributed by atoms with Gasteiger partial charge in [-0.3, -0.25) is 4.79 Å². The summed E-state index contributed by atoms with van der Waals surface area (Å²) < 4.78 is 34.4. The molecule has 0 saturated heterocycles. The number of carbonyl (C=O) groups is 1. The van der Waals surface area contributed by atoms with Gasteiger partial charge >= 0.3 is 6.61 Å². The molecule has 0 radical (unpaired) electrons. The zero-order chi connectivity index (χ0) is 17.5. The Morgan fingerprint density at radius 1 is 1.40 bits per heavy atom. The second-order valence-electron chi connectivity index (χ2n) is 4.61. The molecule has 1 heterocycles. The summed E-state index contributed by atoms with van der Waals surface area (Å²) in [6.07, 6.45) is 0. The number of nitrogens with zero attached hydrogens (tertiary/aromatic N) is 1. The predicted octanol–water partition coefficient (Wildman–Crippen LogP) is 2.95. The molecule has 0 saturated carbocycles.